The van der Waals surface area contributed by atoms with E-state index in [-0.39, 0.29) is 11.9 Å². The Kier molecular flexibility index (Phi) is 6.42. The molecule has 2 aliphatic rings. The molecule has 7 nitrogen and oxygen atoms in total. The zero-order valence-corrected chi connectivity index (χ0v) is 15.4. The van der Waals surface area contributed by atoms with Crippen LogP contribution in [0.2, 0.25) is 0 Å². The van der Waals surface area contributed by atoms with Gasteiger partial charge in [-0.15, -0.1) is 0 Å². The van der Waals surface area contributed by atoms with Crippen molar-refractivity contribution in [2.24, 2.45) is 11.8 Å². The third kappa shape index (κ3) is 5.01. The number of aromatic nitrogens is 3. The zero-order valence-electron chi connectivity index (χ0n) is 15.4. The summed E-state index contributed by atoms with van der Waals surface area (Å²) < 4.78 is 7.26. The minimum atomic E-state index is 0.157. The summed E-state index contributed by atoms with van der Waals surface area (Å²) >= 11 is 0. The van der Waals surface area contributed by atoms with E-state index < -0.39 is 0 Å². The molecular weight excluding hydrogens is 318 g/mol. The van der Waals surface area contributed by atoms with E-state index in [0.29, 0.717) is 24.3 Å². The largest absolute Gasteiger partial charge is 0.381 e. The van der Waals surface area contributed by atoms with E-state index in [1.54, 1.807) is 11.0 Å². The van der Waals surface area contributed by atoms with Crippen molar-refractivity contribution in [3.63, 3.8) is 0 Å². The first kappa shape index (κ1) is 18.3. The second-order valence-electron chi connectivity index (χ2n) is 7.64. The molecule has 0 aliphatic carbocycles. The minimum Gasteiger partial charge on any atom is -0.381 e. The minimum absolute atomic E-state index is 0.157. The van der Waals surface area contributed by atoms with E-state index in [2.05, 4.69) is 34.1 Å². The Balaban J connectivity index is 1.47. The van der Waals surface area contributed by atoms with Crippen molar-refractivity contribution in [3.05, 3.63) is 12.7 Å². The molecule has 2 unspecified atom stereocenters. The molecule has 2 aliphatic heterocycles. The van der Waals surface area contributed by atoms with Gasteiger partial charge in [-0.25, -0.2) is 4.98 Å². The van der Waals surface area contributed by atoms with Crippen LogP contribution in [0.3, 0.4) is 0 Å². The van der Waals surface area contributed by atoms with Crippen LogP contribution < -0.4 is 5.32 Å². The van der Waals surface area contributed by atoms with E-state index in [1.807, 2.05) is 0 Å². The lowest BCUT2D eigenvalue weighted by molar-refractivity contribution is -0.122. The fourth-order valence-electron chi connectivity index (χ4n) is 4.07. The Morgan fingerprint density at radius 3 is 2.80 bits per heavy atom. The molecule has 0 bridgehead atoms. The van der Waals surface area contributed by atoms with Crippen LogP contribution in [0.5, 0.6) is 0 Å². The number of likely N-dealkylation sites (tertiary alicyclic amines) is 1. The predicted octanol–water partition coefficient (Wildman–Crippen LogP) is 1.31. The van der Waals surface area contributed by atoms with Gasteiger partial charge in [0.15, 0.2) is 0 Å². The number of aryl methyl sites for hydroxylation is 1. The summed E-state index contributed by atoms with van der Waals surface area (Å²) in [7, 11) is 0. The zero-order chi connectivity index (χ0) is 17.6. The van der Waals surface area contributed by atoms with Crippen LogP contribution in [0.25, 0.3) is 0 Å². The second-order valence-corrected chi connectivity index (χ2v) is 7.64. The van der Waals surface area contributed by atoms with Gasteiger partial charge < -0.3 is 10.1 Å². The lowest BCUT2D eigenvalue weighted by atomic mass is 9.91. The molecule has 25 heavy (non-hydrogen) atoms. The number of rotatable bonds is 7. The molecule has 140 valence electrons. The third-order valence-corrected chi connectivity index (χ3v) is 5.56. The van der Waals surface area contributed by atoms with E-state index >= 15 is 0 Å². The summed E-state index contributed by atoms with van der Waals surface area (Å²) in [6.07, 6.45) is 6.77. The maximum Gasteiger partial charge on any atom is 0.220 e. The summed E-state index contributed by atoms with van der Waals surface area (Å²) in [6.45, 7) is 9.07. The van der Waals surface area contributed by atoms with Crippen molar-refractivity contribution >= 4 is 5.91 Å². The summed E-state index contributed by atoms with van der Waals surface area (Å²) in [5, 5.41) is 7.37. The van der Waals surface area contributed by atoms with Gasteiger partial charge in [0, 0.05) is 51.4 Å². The molecule has 3 rings (SSSR count). The van der Waals surface area contributed by atoms with Crippen LogP contribution in [-0.2, 0) is 16.1 Å². The first-order chi connectivity index (χ1) is 12.1. The Labute approximate surface area is 150 Å². The molecule has 0 aromatic carbocycles. The van der Waals surface area contributed by atoms with Crippen LogP contribution in [0.4, 0.5) is 0 Å². The number of hydrogen-bond acceptors (Lipinski definition) is 5. The highest BCUT2D eigenvalue weighted by molar-refractivity contribution is 5.76. The highest BCUT2D eigenvalue weighted by atomic mass is 16.5. The molecule has 0 saturated carbocycles. The van der Waals surface area contributed by atoms with Crippen molar-refractivity contribution in [2.75, 3.05) is 26.3 Å². The van der Waals surface area contributed by atoms with Gasteiger partial charge in [-0.1, -0.05) is 13.8 Å². The van der Waals surface area contributed by atoms with Crippen molar-refractivity contribution in [3.8, 4) is 0 Å². The molecule has 1 aromatic heterocycles. The van der Waals surface area contributed by atoms with Gasteiger partial charge in [-0.2, -0.15) is 5.10 Å². The molecule has 0 radical (unpaired) electrons. The molecule has 1 N–H and O–H groups in total. The molecule has 7 heteroatoms. The molecular formula is C18H31N5O2. The van der Waals surface area contributed by atoms with E-state index in [9.17, 15) is 4.79 Å². The van der Waals surface area contributed by atoms with Gasteiger partial charge in [0.25, 0.3) is 0 Å². The highest BCUT2D eigenvalue weighted by Crippen LogP contribution is 2.28. The van der Waals surface area contributed by atoms with Crippen LogP contribution in [0.15, 0.2) is 12.7 Å². The van der Waals surface area contributed by atoms with Gasteiger partial charge >= 0.3 is 0 Å². The Bertz CT molecular complexity index is 528. The molecule has 2 fully saturated rings. The van der Waals surface area contributed by atoms with Crippen LogP contribution in [-0.4, -0.2) is 64.0 Å². The van der Waals surface area contributed by atoms with Gasteiger partial charge in [0.1, 0.15) is 12.7 Å². The van der Waals surface area contributed by atoms with E-state index in [4.69, 9.17) is 4.74 Å². The fourth-order valence-corrected chi connectivity index (χ4v) is 4.07. The van der Waals surface area contributed by atoms with Gasteiger partial charge in [-0.3, -0.25) is 14.4 Å². The monoisotopic (exact) mass is 349 g/mol. The predicted molar refractivity (Wildman–Crippen MR) is 94.9 cm³/mol. The molecule has 1 amide bonds. The number of carbonyl (C=O) groups is 1. The quantitative estimate of drug-likeness (QED) is 0.803. The van der Waals surface area contributed by atoms with Crippen LogP contribution >= 0.6 is 0 Å². The maximum absolute atomic E-state index is 12.4. The summed E-state index contributed by atoms with van der Waals surface area (Å²) in [5.41, 5.74) is 0. The molecule has 3 heterocycles. The molecule has 2 atom stereocenters. The van der Waals surface area contributed by atoms with E-state index in [0.717, 1.165) is 52.1 Å². The van der Waals surface area contributed by atoms with Crippen LogP contribution in [0, 0.1) is 11.8 Å². The smallest absolute Gasteiger partial charge is 0.220 e. The first-order valence-electron chi connectivity index (χ1n) is 9.57. The average Bonchev–Trinajstić information content (AvgIpc) is 3.25. The number of carbonyl (C=O) groups excluding carboxylic acids is 1. The van der Waals surface area contributed by atoms with Gasteiger partial charge in [0.05, 0.1) is 0 Å². The van der Waals surface area contributed by atoms with Crippen molar-refractivity contribution < 1.29 is 9.53 Å². The van der Waals surface area contributed by atoms with Crippen molar-refractivity contribution in [2.45, 2.75) is 58.2 Å². The normalized spacial score (nSPS) is 25.6. The summed E-state index contributed by atoms with van der Waals surface area (Å²) in [4.78, 5) is 18.9. The molecule has 1 aromatic rings. The third-order valence-electron chi connectivity index (χ3n) is 5.56. The SMILES string of the molecule is CC(C)C1CN(C2CCOCC2)CC1NC(=O)CCCn1cncn1. The lowest BCUT2D eigenvalue weighted by Gasteiger charge is -2.31. The standard InChI is InChI=1S/C18H31N5O2/c1-14(2)16-10-22(15-5-8-25-9-6-15)11-17(16)21-18(24)4-3-7-23-13-19-12-20-23/h12-17H,3-11H2,1-2H3,(H,21,24). The first-order valence-corrected chi connectivity index (χ1v) is 9.57. The Morgan fingerprint density at radius 1 is 1.32 bits per heavy atom. The summed E-state index contributed by atoms with van der Waals surface area (Å²) in [5.74, 6) is 1.26. The number of hydrogen-bond donors (Lipinski definition) is 1. The highest BCUT2D eigenvalue weighted by Gasteiger charge is 2.38. The van der Waals surface area contributed by atoms with Crippen molar-refractivity contribution in [1.82, 2.24) is 25.0 Å². The van der Waals surface area contributed by atoms with Crippen LogP contribution in [0.1, 0.15) is 39.5 Å². The number of ether oxygens (including phenoxy) is 1. The van der Waals surface area contributed by atoms with Crippen molar-refractivity contribution in [1.29, 1.82) is 0 Å². The molecule has 2 saturated heterocycles. The number of nitrogens with one attached hydrogen (secondary N) is 1. The van der Waals surface area contributed by atoms with Gasteiger partial charge in [0.2, 0.25) is 5.91 Å². The number of nitrogens with zero attached hydrogens (tertiary/aromatic N) is 4. The maximum atomic E-state index is 12.4. The van der Waals surface area contributed by atoms with Gasteiger partial charge in [-0.05, 0) is 31.1 Å². The topological polar surface area (TPSA) is 72.3 Å². The number of amides is 1. The Morgan fingerprint density at radius 2 is 2.12 bits per heavy atom. The lowest BCUT2D eigenvalue weighted by Crippen LogP contribution is -2.43. The fraction of sp³-hybridized carbons (Fsp3) is 0.833. The van der Waals surface area contributed by atoms with E-state index in [1.165, 1.54) is 6.33 Å². The molecule has 0 spiro atoms. The average molecular weight is 349 g/mol. The summed E-state index contributed by atoms with van der Waals surface area (Å²) in [6, 6.07) is 0.880. The Hall–Kier alpha value is -1.47. The second kappa shape index (κ2) is 8.76.